The lowest BCUT2D eigenvalue weighted by Gasteiger charge is -2.13. The zero-order valence-corrected chi connectivity index (χ0v) is 13.4. The highest BCUT2D eigenvalue weighted by atomic mass is 19.1. The molecule has 0 unspecified atom stereocenters. The SMILES string of the molecule is CCc1nc2cccc(F)c2c(=O)n1NC(=O)Cc1ccc(F)cc1. The van der Waals surface area contributed by atoms with Crippen molar-refractivity contribution in [1.29, 1.82) is 0 Å². The summed E-state index contributed by atoms with van der Waals surface area (Å²) in [5.74, 6) is -1.27. The molecule has 0 aliphatic rings. The minimum absolute atomic E-state index is 0.0504. The second-order valence-electron chi connectivity index (χ2n) is 5.49. The summed E-state index contributed by atoms with van der Waals surface area (Å²) in [5.41, 5.74) is 2.61. The molecule has 0 fully saturated rings. The Hall–Kier alpha value is -3.09. The summed E-state index contributed by atoms with van der Waals surface area (Å²) in [6.45, 7) is 1.77. The molecule has 0 aliphatic carbocycles. The number of benzene rings is 2. The molecule has 0 saturated heterocycles. The molecule has 3 aromatic rings. The maximum absolute atomic E-state index is 14.0. The van der Waals surface area contributed by atoms with E-state index in [4.69, 9.17) is 0 Å². The summed E-state index contributed by atoms with van der Waals surface area (Å²) in [6.07, 6.45) is 0.323. The molecule has 0 spiro atoms. The van der Waals surface area contributed by atoms with Crippen LogP contribution in [0.1, 0.15) is 18.3 Å². The molecule has 7 heteroatoms. The second kappa shape index (κ2) is 6.80. The Bertz CT molecular complexity index is 998. The number of aryl methyl sites for hydroxylation is 1. The number of aromatic nitrogens is 2. The Balaban J connectivity index is 1.96. The molecular weight excluding hydrogens is 328 g/mol. The van der Waals surface area contributed by atoms with Gasteiger partial charge in [-0.3, -0.25) is 15.0 Å². The van der Waals surface area contributed by atoms with E-state index in [9.17, 15) is 18.4 Å². The van der Waals surface area contributed by atoms with Gasteiger partial charge in [-0.05, 0) is 29.8 Å². The van der Waals surface area contributed by atoms with Gasteiger partial charge in [0.25, 0.3) is 5.56 Å². The molecule has 1 N–H and O–H groups in total. The quantitative estimate of drug-likeness (QED) is 0.792. The van der Waals surface area contributed by atoms with E-state index in [0.717, 1.165) is 4.68 Å². The molecule has 0 atom stereocenters. The van der Waals surface area contributed by atoms with Crippen LogP contribution < -0.4 is 11.0 Å². The number of carbonyl (C=O) groups is 1. The van der Waals surface area contributed by atoms with Gasteiger partial charge in [0.1, 0.15) is 22.8 Å². The fourth-order valence-corrected chi connectivity index (χ4v) is 2.54. The Kier molecular flexibility index (Phi) is 4.56. The van der Waals surface area contributed by atoms with Crippen molar-refractivity contribution in [1.82, 2.24) is 9.66 Å². The molecule has 0 bridgehead atoms. The molecule has 3 rings (SSSR count). The largest absolute Gasteiger partial charge is 0.283 e. The Morgan fingerprint density at radius 1 is 1.16 bits per heavy atom. The normalized spacial score (nSPS) is 10.8. The fraction of sp³-hybridized carbons (Fsp3) is 0.167. The van der Waals surface area contributed by atoms with Gasteiger partial charge in [0, 0.05) is 6.42 Å². The lowest BCUT2D eigenvalue weighted by Crippen LogP contribution is -2.37. The number of fused-ring (bicyclic) bond motifs is 1. The average molecular weight is 343 g/mol. The van der Waals surface area contributed by atoms with E-state index in [1.54, 1.807) is 13.0 Å². The standard InChI is InChI=1S/C18H15F2N3O2/c1-2-15-21-14-5-3-4-13(20)17(14)18(25)23(15)22-16(24)10-11-6-8-12(19)9-7-11/h3-9H,2,10H2,1H3,(H,22,24). The summed E-state index contributed by atoms with van der Waals surface area (Å²) >= 11 is 0. The molecule has 1 amide bonds. The number of amides is 1. The van der Waals surface area contributed by atoms with Crippen LogP contribution >= 0.6 is 0 Å². The summed E-state index contributed by atoms with van der Waals surface area (Å²) in [5, 5.41) is -0.179. The molecule has 0 saturated carbocycles. The first-order valence-electron chi connectivity index (χ1n) is 7.74. The zero-order chi connectivity index (χ0) is 18.0. The molecule has 1 aromatic heterocycles. The fourth-order valence-electron chi connectivity index (χ4n) is 2.54. The monoisotopic (exact) mass is 343 g/mol. The van der Waals surface area contributed by atoms with Crippen molar-refractivity contribution in [2.75, 3.05) is 5.43 Å². The Morgan fingerprint density at radius 3 is 2.56 bits per heavy atom. The van der Waals surface area contributed by atoms with Gasteiger partial charge in [-0.1, -0.05) is 25.1 Å². The van der Waals surface area contributed by atoms with E-state index in [0.29, 0.717) is 17.8 Å². The van der Waals surface area contributed by atoms with E-state index < -0.39 is 23.1 Å². The molecule has 0 aliphatic heterocycles. The molecule has 2 aromatic carbocycles. The van der Waals surface area contributed by atoms with Crippen LogP contribution in [-0.2, 0) is 17.6 Å². The Labute approximate surface area is 141 Å². The van der Waals surface area contributed by atoms with Crippen LogP contribution in [0.15, 0.2) is 47.3 Å². The lowest BCUT2D eigenvalue weighted by molar-refractivity contribution is -0.116. The van der Waals surface area contributed by atoms with Crippen molar-refractivity contribution < 1.29 is 13.6 Å². The number of nitrogens with zero attached hydrogens (tertiary/aromatic N) is 2. The number of hydrogen-bond acceptors (Lipinski definition) is 3. The minimum Gasteiger partial charge on any atom is -0.273 e. The van der Waals surface area contributed by atoms with Crippen LogP contribution in [0.2, 0.25) is 0 Å². The van der Waals surface area contributed by atoms with Gasteiger partial charge in [0.05, 0.1) is 11.9 Å². The molecule has 0 radical (unpaired) electrons. The smallest absolute Gasteiger partial charge is 0.273 e. The van der Waals surface area contributed by atoms with Crippen LogP contribution in [-0.4, -0.2) is 15.6 Å². The van der Waals surface area contributed by atoms with Crippen molar-refractivity contribution in [3.05, 3.63) is 75.8 Å². The van der Waals surface area contributed by atoms with Gasteiger partial charge in [0.2, 0.25) is 5.91 Å². The third kappa shape index (κ3) is 3.40. The second-order valence-corrected chi connectivity index (χ2v) is 5.49. The van der Waals surface area contributed by atoms with Gasteiger partial charge in [-0.15, -0.1) is 0 Å². The van der Waals surface area contributed by atoms with E-state index in [1.807, 2.05) is 0 Å². The third-order valence-corrected chi connectivity index (χ3v) is 3.75. The number of halogens is 2. The predicted octanol–water partition coefficient (Wildman–Crippen LogP) is 2.55. The first kappa shape index (κ1) is 16.8. The van der Waals surface area contributed by atoms with Crippen LogP contribution in [0.4, 0.5) is 8.78 Å². The van der Waals surface area contributed by atoms with Crippen molar-refractivity contribution in [2.24, 2.45) is 0 Å². The maximum atomic E-state index is 14.0. The molecular formula is C18H15F2N3O2. The maximum Gasteiger partial charge on any atom is 0.283 e. The molecule has 5 nitrogen and oxygen atoms in total. The predicted molar refractivity (Wildman–Crippen MR) is 89.8 cm³/mol. The number of hydrogen-bond donors (Lipinski definition) is 1. The summed E-state index contributed by atoms with van der Waals surface area (Å²) in [4.78, 5) is 29.0. The zero-order valence-electron chi connectivity index (χ0n) is 13.4. The highest BCUT2D eigenvalue weighted by molar-refractivity contribution is 5.86. The van der Waals surface area contributed by atoms with Gasteiger partial charge < -0.3 is 0 Å². The van der Waals surface area contributed by atoms with E-state index in [1.165, 1.54) is 36.4 Å². The van der Waals surface area contributed by atoms with Crippen LogP contribution in [0.5, 0.6) is 0 Å². The highest BCUT2D eigenvalue weighted by Gasteiger charge is 2.15. The summed E-state index contributed by atoms with van der Waals surface area (Å²) in [7, 11) is 0. The minimum atomic E-state index is -0.695. The third-order valence-electron chi connectivity index (χ3n) is 3.75. The molecule has 128 valence electrons. The van der Waals surface area contributed by atoms with Crippen molar-refractivity contribution in [3.63, 3.8) is 0 Å². The van der Waals surface area contributed by atoms with Crippen molar-refractivity contribution in [2.45, 2.75) is 19.8 Å². The number of carbonyl (C=O) groups excluding carboxylic acids is 1. The number of rotatable bonds is 4. The summed E-state index contributed by atoms with van der Waals surface area (Å²) in [6, 6.07) is 9.65. The van der Waals surface area contributed by atoms with E-state index >= 15 is 0 Å². The lowest BCUT2D eigenvalue weighted by atomic mass is 10.1. The molecule has 25 heavy (non-hydrogen) atoms. The highest BCUT2D eigenvalue weighted by Crippen LogP contribution is 2.12. The first-order valence-corrected chi connectivity index (χ1v) is 7.74. The average Bonchev–Trinajstić information content (AvgIpc) is 2.59. The van der Waals surface area contributed by atoms with E-state index in [2.05, 4.69) is 10.4 Å². The van der Waals surface area contributed by atoms with Crippen molar-refractivity contribution in [3.8, 4) is 0 Å². The number of nitrogens with one attached hydrogen (secondary N) is 1. The van der Waals surface area contributed by atoms with E-state index in [-0.39, 0.29) is 17.3 Å². The van der Waals surface area contributed by atoms with Gasteiger partial charge >= 0.3 is 0 Å². The van der Waals surface area contributed by atoms with Gasteiger partial charge in [-0.2, -0.15) is 0 Å². The van der Waals surface area contributed by atoms with Crippen LogP contribution in [0.25, 0.3) is 10.9 Å². The van der Waals surface area contributed by atoms with Gasteiger partial charge in [-0.25, -0.2) is 18.4 Å². The van der Waals surface area contributed by atoms with Crippen molar-refractivity contribution >= 4 is 16.8 Å². The topological polar surface area (TPSA) is 64.0 Å². The van der Waals surface area contributed by atoms with Crippen LogP contribution in [0, 0.1) is 11.6 Å². The van der Waals surface area contributed by atoms with Gasteiger partial charge in [0.15, 0.2) is 0 Å². The van der Waals surface area contributed by atoms with Crippen LogP contribution in [0.3, 0.4) is 0 Å². The summed E-state index contributed by atoms with van der Waals surface area (Å²) < 4.78 is 27.9. The molecule has 1 heterocycles. The Morgan fingerprint density at radius 2 is 1.88 bits per heavy atom. The first-order chi connectivity index (χ1) is 12.0.